The van der Waals surface area contributed by atoms with E-state index in [0.29, 0.717) is 0 Å². The van der Waals surface area contributed by atoms with Crippen molar-refractivity contribution in [1.29, 1.82) is 0 Å². The molecule has 20 heavy (non-hydrogen) atoms. The lowest BCUT2D eigenvalue weighted by molar-refractivity contribution is -0.155. The maximum absolute atomic E-state index is 12.2. The summed E-state index contributed by atoms with van der Waals surface area (Å²) in [5, 5.41) is 2.57. The Morgan fingerprint density at radius 3 is 2.20 bits per heavy atom. The second-order valence-corrected chi connectivity index (χ2v) is 6.25. The lowest BCUT2D eigenvalue weighted by atomic mass is 9.83. The average Bonchev–Trinajstić information content (AvgIpc) is 2.21. The Labute approximate surface area is 116 Å². The molecule has 1 aliphatic heterocycles. The highest BCUT2D eigenvalue weighted by molar-refractivity contribution is 5.97. The molecule has 0 aromatic heterocycles. The zero-order chi connectivity index (χ0) is 15.7. The molecule has 1 saturated heterocycles. The number of hydrogen-bond donors (Lipinski definition) is 1. The van der Waals surface area contributed by atoms with Gasteiger partial charge in [-0.05, 0) is 18.8 Å². The molecule has 7 heteroatoms. The number of carbonyl (C=O) groups excluding carboxylic acids is 2. The number of amides is 2. The molecule has 0 saturated carbocycles. The number of alkyl halides is 3. The van der Waals surface area contributed by atoms with Crippen molar-refractivity contribution in [3.63, 3.8) is 0 Å². The van der Waals surface area contributed by atoms with Gasteiger partial charge in [0.2, 0.25) is 11.8 Å². The van der Waals surface area contributed by atoms with Crippen LogP contribution in [0.15, 0.2) is 0 Å². The maximum Gasteiger partial charge on any atom is 0.389 e. The minimum atomic E-state index is -4.25. The van der Waals surface area contributed by atoms with Gasteiger partial charge in [0.15, 0.2) is 0 Å². The van der Waals surface area contributed by atoms with E-state index in [4.69, 9.17) is 0 Å². The molecule has 2 amide bonds. The molecule has 0 aromatic carbocycles. The highest BCUT2D eigenvalue weighted by Gasteiger charge is 2.44. The van der Waals surface area contributed by atoms with Crippen LogP contribution in [0.2, 0.25) is 0 Å². The predicted molar refractivity (Wildman–Crippen MR) is 67.8 cm³/mol. The fourth-order valence-electron chi connectivity index (χ4n) is 2.42. The number of carbonyl (C=O) groups is 2. The summed E-state index contributed by atoms with van der Waals surface area (Å²) in [6, 6.07) is -1.42. The molecular weight excluding hydrogens is 273 g/mol. The van der Waals surface area contributed by atoms with E-state index < -0.39 is 30.1 Å². The molecule has 0 aromatic rings. The van der Waals surface area contributed by atoms with Crippen LogP contribution in [0.5, 0.6) is 0 Å². The van der Waals surface area contributed by atoms with Crippen molar-refractivity contribution in [2.24, 2.45) is 5.41 Å². The number of nitrogens with zero attached hydrogens (tertiary/aromatic N) is 1. The number of rotatable bonds is 3. The van der Waals surface area contributed by atoms with Crippen LogP contribution in [0.4, 0.5) is 13.2 Å². The number of nitrogens with one attached hydrogen (secondary N) is 1. The van der Waals surface area contributed by atoms with Crippen molar-refractivity contribution in [2.75, 3.05) is 6.54 Å². The Morgan fingerprint density at radius 1 is 1.20 bits per heavy atom. The quantitative estimate of drug-likeness (QED) is 0.866. The first-order valence-corrected chi connectivity index (χ1v) is 6.61. The molecule has 1 fully saturated rings. The molecule has 2 atom stereocenters. The number of halogens is 3. The Morgan fingerprint density at radius 2 is 1.75 bits per heavy atom. The van der Waals surface area contributed by atoms with Gasteiger partial charge in [-0.15, -0.1) is 0 Å². The lowest BCUT2D eigenvalue weighted by Gasteiger charge is -2.44. The van der Waals surface area contributed by atoms with Gasteiger partial charge in [0.05, 0.1) is 0 Å². The van der Waals surface area contributed by atoms with Crippen LogP contribution in [0.1, 0.15) is 40.5 Å². The van der Waals surface area contributed by atoms with Crippen molar-refractivity contribution in [3.05, 3.63) is 0 Å². The summed E-state index contributed by atoms with van der Waals surface area (Å²) in [6.07, 6.45) is -5.39. The molecule has 1 rings (SSSR count). The Kier molecular flexibility index (Phi) is 4.71. The van der Waals surface area contributed by atoms with Gasteiger partial charge >= 0.3 is 6.18 Å². The Hall–Kier alpha value is -1.27. The standard InChI is InChI=1S/C13H21F3N2O2/c1-8-11(20)18(7-5-6-13(14,15)16)9(10(19)17-8)12(2,3)4/h8-9H,5-7H2,1-4H3,(H,17,19). The predicted octanol–water partition coefficient (Wildman–Crippen LogP) is 2.09. The van der Waals surface area contributed by atoms with E-state index in [1.54, 1.807) is 20.8 Å². The molecule has 0 aliphatic carbocycles. The average molecular weight is 294 g/mol. The van der Waals surface area contributed by atoms with Crippen molar-refractivity contribution >= 4 is 11.8 Å². The van der Waals surface area contributed by atoms with Gasteiger partial charge in [0.1, 0.15) is 12.1 Å². The van der Waals surface area contributed by atoms with Crippen LogP contribution in [0.25, 0.3) is 0 Å². The zero-order valence-electron chi connectivity index (χ0n) is 12.2. The van der Waals surface area contributed by atoms with Crippen LogP contribution in [0.3, 0.4) is 0 Å². The fourth-order valence-corrected chi connectivity index (χ4v) is 2.42. The SMILES string of the molecule is CC1NC(=O)C(C(C)(C)C)N(CCCC(F)(F)F)C1=O. The van der Waals surface area contributed by atoms with Gasteiger partial charge in [-0.3, -0.25) is 9.59 Å². The summed E-state index contributed by atoms with van der Waals surface area (Å²) in [4.78, 5) is 25.4. The van der Waals surface area contributed by atoms with Gasteiger partial charge < -0.3 is 10.2 Å². The van der Waals surface area contributed by atoms with Crippen LogP contribution < -0.4 is 5.32 Å². The first kappa shape index (κ1) is 16.8. The van der Waals surface area contributed by atoms with Crippen LogP contribution in [-0.4, -0.2) is 41.5 Å². The first-order valence-electron chi connectivity index (χ1n) is 6.61. The highest BCUT2D eigenvalue weighted by Crippen LogP contribution is 2.29. The number of hydrogen-bond acceptors (Lipinski definition) is 2. The minimum Gasteiger partial charge on any atom is -0.343 e. The summed E-state index contributed by atoms with van der Waals surface area (Å²) in [7, 11) is 0. The normalized spacial score (nSPS) is 24.9. The highest BCUT2D eigenvalue weighted by atomic mass is 19.4. The summed E-state index contributed by atoms with van der Waals surface area (Å²) < 4.78 is 36.6. The molecule has 1 heterocycles. The van der Waals surface area contributed by atoms with Gasteiger partial charge in [-0.2, -0.15) is 13.2 Å². The van der Waals surface area contributed by atoms with Crippen LogP contribution in [-0.2, 0) is 9.59 Å². The second-order valence-electron chi connectivity index (χ2n) is 6.25. The molecule has 2 unspecified atom stereocenters. The number of piperazine rings is 1. The second kappa shape index (κ2) is 5.61. The fraction of sp³-hybridized carbons (Fsp3) is 0.846. The molecule has 4 nitrogen and oxygen atoms in total. The van der Waals surface area contributed by atoms with E-state index in [1.165, 1.54) is 11.8 Å². The molecule has 1 aliphatic rings. The smallest absolute Gasteiger partial charge is 0.343 e. The van der Waals surface area contributed by atoms with Crippen LogP contribution >= 0.6 is 0 Å². The monoisotopic (exact) mass is 294 g/mol. The molecule has 0 radical (unpaired) electrons. The third-order valence-corrected chi connectivity index (χ3v) is 3.25. The van der Waals surface area contributed by atoms with Crippen LogP contribution in [0, 0.1) is 5.41 Å². The van der Waals surface area contributed by atoms with Crippen molar-refractivity contribution in [2.45, 2.75) is 58.8 Å². The lowest BCUT2D eigenvalue weighted by Crippen LogP contribution is -2.66. The van der Waals surface area contributed by atoms with E-state index in [1.807, 2.05) is 0 Å². The largest absolute Gasteiger partial charge is 0.389 e. The van der Waals surface area contributed by atoms with Gasteiger partial charge in [-0.1, -0.05) is 20.8 Å². The van der Waals surface area contributed by atoms with Gasteiger partial charge in [-0.25, -0.2) is 0 Å². The van der Waals surface area contributed by atoms with E-state index >= 15 is 0 Å². The van der Waals surface area contributed by atoms with E-state index in [0.717, 1.165) is 0 Å². The molecule has 1 N–H and O–H groups in total. The Balaban J connectivity index is 2.84. The van der Waals surface area contributed by atoms with E-state index in [2.05, 4.69) is 5.32 Å². The topological polar surface area (TPSA) is 49.4 Å². The molecule has 116 valence electrons. The summed E-state index contributed by atoms with van der Waals surface area (Å²) in [5.41, 5.74) is -0.530. The van der Waals surface area contributed by atoms with E-state index in [-0.39, 0.29) is 24.8 Å². The minimum absolute atomic E-state index is 0.0575. The van der Waals surface area contributed by atoms with Crippen molar-refractivity contribution < 1.29 is 22.8 Å². The third-order valence-electron chi connectivity index (χ3n) is 3.25. The zero-order valence-corrected chi connectivity index (χ0v) is 12.2. The molecular formula is C13H21F3N2O2. The van der Waals surface area contributed by atoms with Gasteiger partial charge in [0.25, 0.3) is 0 Å². The van der Waals surface area contributed by atoms with E-state index in [9.17, 15) is 22.8 Å². The van der Waals surface area contributed by atoms with Crippen molar-refractivity contribution in [3.8, 4) is 0 Å². The van der Waals surface area contributed by atoms with Crippen molar-refractivity contribution in [1.82, 2.24) is 10.2 Å². The summed E-state index contributed by atoms with van der Waals surface area (Å²) in [6.45, 7) is 6.85. The maximum atomic E-state index is 12.2. The molecule has 0 spiro atoms. The summed E-state index contributed by atoms with van der Waals surface area (Å²) in [5.74, 6) is -0.636. The Bertz CT molecular complexity index is 388. The third kappa shape index (κ3) is 4.11. The summed E-state index contributed by atoms with van der Waals surface area (Å²) >= 11 is 0. The molecule has 0 bridgehead atoms. The van der Waals surface area contributed by atoms with Gasteiger partial charge in [0, 0.05) is 13.0 Å². The first-order chi connectivity index (χ1) is 8.93.